The summed E-state index contributed by atoms with van der Waals surface area (Å²) in [7, 11) is 3.98. The third kappa shape index (κ3) is 2.75. The van der Waals surface area contributed by atoms with Crippen molar-refractivity contribution in [1.82, 2.24) is 30.4 Å². The van der Waals surface area contributed by atoms with Gasteiger partial charge in [-0.3, -0.25) is 4.79 Å². The van der Waals surface area contributed by atoms with Crippen molar-refractivity contribution in [2.45, 2.75) is 6.04 Å². The van der Waals surface area contributed by atoms with Gasteiger partial charge in [0.15, 0.2) is 0 Å². The van der Waals surface area contributed by atoms with E-state index in [4.69, 9.17) is 0 Å². The first-order valence-electron chi connectivity index (χ1n) is 9.13. The normalized spacial score (nSPS) is 14.6. The molecular weight excluding hydrogens is 368 g/mol. The molecule has 4 aromatic rings. The molecule has 1 aliphatic rings. The van der Waals surface area contributed by atoms with E-state index < -0.39 is 6.04 Å². The lowest BCUT2D eigenvalue weighted by atomic mass is 9.92. The van der Waals surface area contributed by atoms with E-state index in [2.05, 4.69) is 31.0 Å². The van der Waals surface area contributed by atoms with E-state index in [0.29, 0.717) is 17.3 Å². The molecule has 2 aromatic heterocycles. The van der Waals surface area contributed by atoms with Crippen LogP contribution in [0.2, 0.25) is 0 Å². The Bertz CT molecular complexity index is 1230. The van der Waals surface area contributed by atoms with Gasteiger partial charge in [-0.1, -0.05) is 47.6 Å². The smallest absolute Gasteiger partial charge is 0.288 e. The topological polar surface area (TPSA) is 105 Å². The minimum atomic E-state index is -0.391. The first-order valence-corrected chi connectivity index (χ1v) is 9.13. The fourth-order valence-corrected chi connectivity index (χ4v) is 3.62. The molecule has 0 bridgehead atoms. The van der Waals surface area contributed by atoms with Crippen molar-refractivity contribution in [2.75, 3.05) is 24.3 Å². The van der Waals surface area contributed by atoms with Crippen LogP contribution in [0.25, 0.3) is 11.3 Å². The molecule has 5 rings (SSSR count). The first-order chi connectivity index (χ1) is 14.1. The van der Waals surface area contributed by atoms with Gasteiger partial charge in [0.25, 0.3) is 5.56 Å². The Kier molecular flexibility index (Phi) is 3.87. The summed E-state index contributed by atoms with van der Waals surface area (Å²) in [5.74, 6) is 0.412. The lowest BCUT2D eigenvalue weighted by molar-refractivity contribution is 0.567. The van der Waals surface area contributed by atoms with E-state index in [1.54, 1.807) is 4.68 Å². The number of aromatic amines is 1. The molecule has 2 aromatic carbocycles. The molecule has 0 radical (unpaired) electrons. The maximum atomic E-state index is 12.6. The monoisotopic (exact) mass is 386 g/mol. The number of tetrazole rings is 1. The van der Waals surface area contributed by atoms with Gasteiger partial charge < -0.3 is 10.2 Å². The molecule has 0 fully saturated rings. The Morgan fingerprint density at radius 1 is 1.03 bits per heavy atom. The van der Waals surface area contributed by atoms with Crippen molar-refractivity contribution < 1.29 is 0 Å². The zero-order valence-corrected chi connectivity index (χ0v) is 15.9. The van der Waals surface area contributed by atoms with Gasteiger partial charge in [0.2, 0.25) is 5.95 Å². The van der Waals surface area contributed by atoms with Crippen molar-refractivity contribution >= 4 is 17.3 Å². The number of aromatic nitrogens is 6. The SMILES string of the molecule is CN(C)c1ccc(C2c3c(-c4ccccc4)n[nH]c(=O)c3Nc3nnnn32)cc1. The Balaban J connectivity index is 1.77. The summed E-state index contributed by atoms with van der Waals surface area (Å²) in [6, 6.07) is 17.5. The van der Waals surface area contributed by atoms with Gasteiger partial charge in [0.1, 0.15) is 11.7 Å². The molecule has 0 aliphatic carbocycles. The maximum Gasteiger partial charge on any atom is 0.288 e. The fraction of sp³-hybridized carbons (Fsp3) is 0.150. The van der Waals surface area contributed by atoms with Gasteiger partial charge in [0, 0.05) is 30.9 Å². The van der Waals surface area contributed by atoms with Crippen molar-refractivity contribution in [3.8, 4) is 11.3 Å². The van der Waals surface area contributed by atoms with Crippen LogP contribution in [0.1, 0.15) is 17.2 Å². The molecule has 1 aliphatic heterocycles. The number of fused-ring (bicyclic) bond motifs is 2. The van der Waals surface area contributed by atoms with Crippen LogP contribution in [0.15, 0.2) is 59.4 Å². The van der Waals surface area contributed by atoms with Crippen LogP contribution in [0.3, 0.4) is 0 Å². The number of rotatable bonds is 3. The molecule has 144 valence electrons. The van der Waals surface area contributed by atoms with Gasteiger partial charge in [0.05, 0.1) is 5.69 Å². The second-order valence-corrected chi connectivity index (χ2v) is 7.02. The molecule has 0 saturated heterocycles. The highest BCUT2D eigenvalue weighted by Crippen LogP contribution is 2.41. The van der Waals surface area contributed by atoms with Gasteiger partial charge in [-0.05, 0) is 28.1 Å². The highest BCUT2D eigenvalue weighted by molar-refractivity contribution is 5.75. The third-order valence-corrected chi connectivity index (χ3v) is 5.04. The fourth-order valence-electron chi connectivity index (χ4n) is 3.62. The first kappa shape index (κ1) is 17.1. The lowest BCUT2D eigenvalue weighted by Crippen LogP contribution is -2.29. The molecule has 0 amide bonds. The van der Waals surface area contributed by atoms with Gasteiger partial charge in [-0.25, -0.2) is 5.10 Å². The molecule has 9 nitrogen and oxygen atoms in total. The van der Waals surface area contributed by atoms with E-state index in [-0.39, 0.29) is 5.56 Å². The van der Waals surface area contributed by atoms with E-state index in [1.165, 1.54) is 0 Å². The number of hydrogen-bond donors (Lipinski definition) is 2. The molecule has 3 heterocycles. The zero-order chi connectivity index (χ0) is 20.0. The summed E-state index contributed by atoms with van der Waals surface area (Å²) in [6.07, 6.45) is 0. The van der Waals surface area contributed by atoms with Crippen LogP contribution in [0, 0.1) is 0 Å². The standard InChI is InChI=1S/C20H18N8O/c1-27(2)14-10-8-13(9-11-14)18-15-16(12-6-4-3-5-7-12)22-23-19(29)17(15)21-20-24-25-26-28(18)20/h3-11,18H,1-2H3,(H,23,29)(H,21,24,26). The average Bonchev–Trinajstić information content (AvgIpc) is 3.22. The Hall–Kier alpha value is -4.01. The molecule has 2 N–H and O–H groups in total. The Morgan fingerprint density at radius 2 is 1.79 bits per heavy atom. The summed E-state index contributed by atoms with van der Waals surface area (Å²) < 4.78 is 1.68. The number of hydrogen-bond acceptors (Lipinski definition) is 7. The van der Waals surface area contributed by atoms with Crippen LogP contribution >= 0.6 is 0 Å². The minimum Gasteiger partial charge on any atom is -0.378 e. The molecule has 0 spiro atoms. The summed E-state index contributed by atoms with van der Waals surface area (Å²) in [5, 5.41) is 22.0. The van der Waals surface area contributed by atoms with Crippen molar-refractivity contribution in [2.24, 2.45) is 0 Å². The Labute approximate surface area is 166 Å². The molecular formula is C20H18N8O. The van der Waals surface area contributed by atoms with Crippen LogP contribution in [-0.4, -0.2) is 44.5 Å². The van der Waals surface area contributed by atoms with Gasteiger partial charge >= 0.3 is 0 Å². The number of benzene rings is 2. The largest absolute Gasteiger partial charge is 0.378 e. The van der Waals surface area contributed by atoms with Crippen LogP contribution in [0.5, 0.6) is 0 Å². The van der Waals surface area contributed by atoms with E-state index in [0.717, 1.165) is 22.4 Å². The van der Waals surface area contributed by atoms with Crippen LogP contribution in [-0.2, 0) is 0 Å². The van der Waals surface area contributed by atoms with E-state index in [9.17, 15) is 4.79 Å². The van der Waals surface area contributed by atoms with Crippen molar-refractivity contribution in [3.05, 3.63) is 76.1 Å². The molecule has 1 unspecified atom stereocenters. The zero-order valence-electron chi connectivity index (χ0n) is 15.9. The van der Waals surface area contributed by atoms with Gasteiger partial charge in [-0.15, -0.1) is 0 Å². The summed E-state index contributed by atoms with van der Waals surface area (Å²) >= 11 is 0. The number of anilines is 3. The van der Waals surface area contributed by atoms with Gasteiger partial charge in [-0.2, -0.15) is 9.78 Å². The Morgan fingerprint density at radius 3 is 2.52 bits per heavy atom. The predicted molar refractivity (Wildman–Crippen MR) is 109 cm³/mol. The third-order valence-electron chi connectivity index (χ3n) is 5.04. The molecule has 29 heavy (non-hydrogen) atoms. The quantitative estimate of drug-likeness (QED) is 0.490. The maximum absolute atomic E-state index is 12.6. The van der Waals surface area contributed by atoms with Crippen molar-refractivity contribution in [3.63, 3.8) is 0 Å². The van der Waals surface area contributed by atoms with Crippen molar-refractivity contribution in [1.29, 1.82) is 0 Å². The van der Waals surface area contributed by atoms with Crippen LogP contribution < -0.4 is 15.8 Å². The summed E-state index contributed by atoms with van der Waals surface area (Å²) in [4.78, 5) is 14.7. The van der Waals surface area contributed by atoms with Crippen LogP contribution in [0.4, 0.5) is 17.3 Å². The number of nitrogens with one attached hydrogen (secondary N) is 2. The average molecular weight is 386 g/mol. The lowest BCUT2D eigenvalue weighted by Gasteiger charge is -2.28. The summed E-state index contributed by atoms with van der Waals surface area (Å²) in [6.45, 7) is 0. The highest BCUT2D eigenvalue weighted by Gasteiger charge is 2.34. The highest BCUT2D eigenvalue weighted by atomic mass is 16.1. The minimum absolute atomic E-state index is 0.316. The molecule has 1 atom stereocenters. The summed E-state index contributed by atoms with van der Waals surface area (Å²) in [5.41, 5.74) is 4.43. The number of nitrogens with zero attached hydrogens (tertiary/aromatic N) is 6. The second-order valence-electron chi connectivity index (χ2n) is 7.02. The number of H-pyrrole nitrogens is 1. The van der Waals surface area contributed by atoms with E-state index in [1.807, 2.05) is 73.6 Å². The molecule has 9 heteroatoms. The molecule has 0 saturated carbocycles. The predicted octanol–water partition coefficient (Wildman–Crippen LogP) is 2.18. The van der Waals surface area contributed by atoms with E-state index >= 15 is 0 Å². The second kappa shape index (κ2) is 6.55.